The van der Waals surface area contributed by atoms with Crippen molar-refractivity contribution >= 4 is 22.6 Å². The normalized spacial score (nSPS) is 9.86. The van der Waals surface area contributed by atoms with E-state index in [-0.39, 0.29) is 11.3 Å². The molecule has 2 aromatic rings. The second-order valence-corrected chi connectivity index (χ2v) is 3.90. The van der Waals surface area contributed by atoms with Crippen LogP contribution in [0, 0.1) is 0 Å². The molecule has 0 spiro atoms. The predicted molar refractivity (Wildman–Crippen MR) is 75.0 cm³/mol. The van der Waals surface area contributed by atoms with Crippen molar-refractivity contribution in [2.24, 2.45) is 5.11 Å². The molecule has 2 rings (SSSR count). The van der Waals surface area contributed by atoms with Gasteiger partial charge in [-0.2, -0.15) is 0 Å². The Bertz CT molecular complexity index is 753. The van der Waals surface area contributed by atoms with Gasteiger partial charge in [-0.25, -0.2) is 4.79 Å². The van der Waals surface area contributed by atoms with E-state index in [4.69, 9.17) is 15.0 Å². The van der Waals surface area contributed by atoms with Crippen LogP contribution in [0.4, 0.5) is 5.69 Å². The Morgan fingerprint density at radius 3 is 2.48 bits per heavy atom. The third-order valence-electron chi connectivity index (χ3n) is 2.91. The van der Waals surface area contributed by atoms with E-state index in [9.17, 15) is 4.79 Å². The number of carbonyl (C=O) groups is 1. The molecule has 0 radical (unpaired) electrons. The minimum atomic E-state index is -0.656. The van der Waals surface area contributed by atoms with Crippen LogP contribution in [0.2, 0.25) is 0 Å². The van der Waals surface area contributed by atoms with Crippen LogP contribution < -0.4 is 9.47 Å². The van der Waals surface area contributed by atoms with Crippen molar-refractivity contribution in [1.29, 1.82) is 0 Å². The number of nitrogens with zero attached hydrogens (tertiary/aromatic N) is 4. The SMILES string of the molecule is COC(=O)c1cnc2c(OC)ccc(OC)c2c1N=[N+]=[N-]. The molecule has 0 bridgehead atoms. The van der Waals surface area contributed by atoms with Gasteiger partial charge in [0.1, 0.15) is 17.0 Å². The van der Waals surface area contributed by atoms with Gasteiger partial charge in [-0.05, 0) is 17.7 Å². The monoisotopic (exact) mass is 288 g/mol. The lowest BCUT2D eigenvalue weighted by Crippen LogP contribution is -2.03. The predicted octanol–water partition coefficient (Wildman–Crippen LogP) is 2.98. The van der Waals surface area contributed by atoms with Crippen molar-refractivity contribution in [3.05, 3.63) is 34.3 Å². The first-order valence-corrected chi connectivity index (χ1v) is 5.85. The molecule has 0 saturated heterocycles. The Labute approximate surface area is 119 Å². The van der Waals surface area contributed by atoms with E-state index >= 15 is 0 Å². The summed E-state index contributed by atoms with van der Waals surface area (Å²) in [6, 6.07) is 3.31. The number of hydrogen-bond donors (Lipinski definition) is 0. The van der Waals surface area contributed by atoms with E-state index < -0.39 is 5.97 Å². The number of rotatable bonds is 4. The fourth-order valence-corrected chi connectivity index (χ4v) is 1.98. The summed E-state index contributed by atoms with van der Waals surface area (Å²) in [7, 11) is 4.19. The van der Waals surface area contributed by atoms with Crippen LogP contribution in [0.1, 0.15) is 10.4 Å². The molecule has 0 fully saturated rings. The molecule has 0 aliphatic rings. The van der Waals surface area contributed by atoms with Crippen LogP contribution in [0.15, 0.2) is 23.4 Å². The van der Waals surface area contributed by atoms with Gasteiger partial charge < -0.3 is 14.2 Å². The number of pyridine rings is 1. The van der Waals surface area contributed by atoms with Crippen molar-refractivity contribution in [3.63, 3.8) is 0 Å². The molecule has 0 aliphatic carbocycles. The molecule has 8 nitrogen and oxygen atoms in total. The van der Waals surface area contributed by atoms with Crippen LogP contribution in [0.25, 0.3) is 21.3 Å². The minimum absolute atomic E-state index is 0.0503. The summed E-state index contributed by atoms with van der Waals surface area (Å²) < 4.78 is 15.1. The molecular weight excluding hydrogens is 276 g/mol. The number of fused-ring (bicyclic) bond motifs is 1. The van der Waals surface area contributed by atoms with Gasteiger partial charge in [0, 0.05) is 11.1 Å². The van der Waals surface area contributed by atoms with Crippen molar-refractivity contribution in [1.82, 2.24) is 4.98 Å². The summed E-state index contributed by atoms with van der Waals surface area (Å²) in [6.07, 6.45) is 1.28. The number of esters is 1. The Morgan fingerprint density at radius 1 is 1.24 bits per heavy atom. The number of aromatic nitrogens is 1. The maximum Gasteiger partial charge on any atom is 0.339 e. The highest BCUT2D eigenvalue weighted by Gasteiger charge is 2.19. The van der Waals surface area contributed by atoms with Crippen LogP contribution in [-0.2, 0) is 4.74 Å². The first-order chi connectivity index (χ1) is 10.2. The van der Waals surface area contributed by atoms with Crippen LogP contribution in [-0.4, -0.2) is 32.3 Å². The zero-order chi connectivity index (χ0) is 15.4. The molecule has 108 valence electrons. The van der Waals surface area contributed by atoms with Gasteiger partial charge in [0.2, 0.25) is 0 Å². The van der Waals surface area contributed by atoms with Gasteiger partial charge in [-0.3, -0.25) is 4.98 Å². The number of methoxy groups -OCH3 is 3. The number of carbonyl (C=O) groups excluding carboxylic acids is 1. The van der Waals surface area contributed by atoms with Crippen molar-refractivity contribution in [2.75, 3.05) is 21.3 Å². The van der Waals surface area contributed by atoms with Gasteiger partial charge in [0.05, 0.1) is 38.0 Å². The third kappa shape index (κ3) is 2.39. The van der Waals surface area contributed by atoms with Crippen molar-refractivity contribution < 1.29 is 19.0 Å². The number of ether oxygens (including phenoxy) is 3. The molecule has 8 heteroatoms. The fourth-order valence-electron chi connectivity index (χ4n) is 1.98. The lowest BCUT2D eigenvalue weighted by molar-refractivity contribution is 0.0601. The Kier molecular flexibility index (Phi) is 4.10. The van der Waals surface area contributed by atoms with E-state index in [1.807, 2.05) is 0 Å². The summed E-state index contributed by atoms with van der Waals surface area (Å²) in [5, 5.41) is 3.98. The maximum absolute atomic E-state index is 11.8. The minimum Gasteiger partial charge on any atom is -0.496 e. The molecule has 0 saturated carbocycles. The smallest absolute Gasteiger partial charge is 0.339 e. The highest BCUT2D eigenvalue weighted by atomic mass is 16.5. The lowest BCUT2D eigenvalue weighted by Gasteiger charge is -2.12. The Morgan fingerprint density at radius 2 is 1.90 bits per heavy atom. The second kappa shape index (κ2) is 5.98. The van der Waals surface area contributed by atoms with Gasteiger partial charge in [0.25, 0.3) is 0 Å². The summed E-state index contributed by atoms with van der Waals surface area (Å²) >= 11 is 0. The molecule has 1 heterocycles. The topological polar surface area (TPSA) is 106 Å². The molecule has 0 N–H and O–H groups in total. The first kappa shape index (κ1) is 14.4. The van der Waals surface area contributed by atoms with E-state index in [2.05, 4.69) is 19.7 Å². The number of hydrogen-bond acceptors (Lipinski definition) is 6. The Balaban J connectivity index is 2.96. The van der Waals surface area contributed by atoms with E-state index in [0.717, 1.165) is 0 Å². The standard InChI is InChI=1S/C13H12N4O4/c1-19-8-4-5-9(20-2)12-10(8)11(16-17-14)7(6-15-12)13(18)21-3/h4-6H,1-3H3. The highest BCUT2D eigenvalue weighted by molar-refractivity contribution is 6.07. The average Bonchev–Trinajstić information content (AvgIpc) is 2.53. The van der Waals surface area contributed by atoms with E-state index in [1.54, 1.807) is 12.1 Å². The van der Waals surface area contributed by atoms with Gasteiger partial charge in [-0.15, -0.1) is 0 Å². The quantitative estimate of drug-likeness (QED) is 0.372. The first-order valence-electron chi connectivity index (χ1n) is 5.85. The average molecular weight is 288 g/mol. The molecule has 0 amide bonds. The molecule has 1 aromatic heterocycles. The van der Waals surface area contributed by atoms with Crippen LogP contribution in [0.5, 0.6) is 11.5 Å². The van der Waals surface area contributed by atoms with Gasteiger partial charge >= 0.3 is 5.97 Å². The largest absolute Gasteiger partial charge is 0.496 e. The summed E-state index contributed by atoms with van der Waals surface area (Å²) in [6.45, 7) is 0. The van der Waals surface area contributed by atoms with Crippen LogP contribution >= 0.6 is 0 Å². The zero-order valence-corrected chi connectivity index (χ0v) is 11.7. The summed E-state index contributed by atoms with van der Waals surface area (Å²) in [4.78, 5) is 18.7. The number of azide groups is 1. The summed E-state index contributed by atoms with van der Waals surface area (Å²) in [5.74, 6) is 0.222. The third-order valence-corrected chi connectivity index (χ3v) is 2.91. The second-order valence-electron chi connectivity index (χ2n) is 3.90. The lowest BCUT2D eigenvalue weighted by atomic mass is 10.1. The van der Waals surface area contributed by atoms with E-state index in [1.165, 1.54) is 27.5 Å². The van der Waals surface area contributed by atoms with Crippen LogP contribution in [0.3, 0.4) is 0 Å². The molecule has 1 aromatic carbocycles. The highest BCUT2D eigenvalue weighted by Crippen LogP contribution is 2.40. The molecule has 0 unspecified atom stereocenters. The Hall–Kier alpha value is -2.99. The van der Waals surface area contributed by atoms with Gasteiger partial charge in [0.15, 0.2) is 0 Å². The fraction of sp³-hybridized carbons (Fsp3) is 0.231. The van der Waals surface area contributed by atoms with Crippen molar-refractivity contribution in [3.8, 4) is 11.5 Å². The molecule has 21 heavy (non-hydrogen) atoms. The van der Waals surface area contributed by atoms with Crippen molar-refractivity contribution in [2.45, 2.75) is 0 Å². The molecule has 0 aliphatic heterocycles. The maximum atomic E-state index is 11.8. The number of benzene rings is 1. The van der Waals surface area contributed by atoms with Gasteiger partial charge in [-0.1, -0.05) is 5.11 Å². The summed E-state index contributed by atoms with van der Waals surface area (Å²) in [5.41, 5.74) is 9.32. The molecule has 0 atom stereocenters. The van der Waals surface area contributed by atoms with E-state index in [0.29, 0.717) is 22.4 Å². The zero-order valence-electron chi connectivity index (χ0n) is 11.7. The molecular formula is C13H12N4O4.